The lowest BCUT2D eigenvalue weighted by molar-refractivity contribution is 0.335. The molecule has 1 saturated carbocycles. The number of rotatable bonds is 1. The summed E-state index contributed by atoms with van der Waals surface area (Å²) in [4.78, 5) is 8.37. The Balaban J connectivity index is 2.13. The van der Waals surface area contributed by atoms with Crippen molar-refractivity contribution in [2.75, 3.05) is 0 Å². The van der Waals surface area contributed by atoms with Gasteiger partial charge in [0.05, 0.1) is 17.1 Å². The highest BCUT2D eigenvalue weighted by Gasteiger charge is 2.21. The largest absolute Gasteiger partial charge is 0.244 e. The van der Waals surface area contributed by atoms with Crippen LogP contribution in [-0.4, -0.2) is 19.7 Å². The van der Waals surface area contributed by atoms with Crippen LogP contribution in [-0.2, 0) is 0 Å². The van der Waals surface area contributed by atoms with Crippen LogP contribution in [0.2, 0.25) is 5.15 Å². The van der Waals surface area contributed by atoms with Crippen molar-refractivity contribution in [2.24, 2.45) is 0 Å². The number of aryl methyl sites for hydroxylation is 1. The summed E-state index contributed by atoms with van der Waals surface area (Å²) in [6, 6.07) is 0.478. The standard InChI is InChI=1S/C12H15ClN4/c1-8-10-11(13)14-7-15-12(10)17(16-8)9-5-3-2-4-6-9/h7,9H,2-6H2,1H3. The highest BCUT2D eigenvalue weighted by Crippen LogP contribution is 2.32. The first kappa shape index (κ1) is 11.0. The minimum Gasteiger partial charge on any atom is -0.244 e. The first-order chi connectivity index (χ1) is 8.27. The molecule has 0 N–H and O–H groups in total. The molecular weight excluding hydrogens is 236 g/mol. The van der Waals surface area contributed by atoms with Crippen LogP contribution in [0.4, 0.5) is 0 Å². The van der Waals surface area contributed by atoms with Crippen molar-refractivity contribution in [2.45, 2.75) is 45.1 Å². The molecule has 0 bridgehead atoms. The van der Waals surface area contributed by atoms with Crippen molar-refractivity contribution in [3.8, 4) is 0 Å². The maximum atomic E-state index is 6.11. The van der Waals surface area contributed by atoms with E-state index in [0.29, 0.717) is 11.2 Å². The molecule has 4 nitrogen and oxygen atoms in total. The average molecular weight is 251 g/mol. The van der Waals surface area contributed by atoms with Gasteiger partial charge in [0, 0.05) is 0 Å². The second-order valence-corrected chi connectivity index (χ2v) is 5.04. The van der Waals surface area contributed by atoms with Gasteiger partial charge in [0.1, 0.15) is 11.5 Å². The molecule has 0 saturated heterocycles. The third-order valence-corrected chi connectivity index (χ3v) is 3.82. The number of nitrogens with zero attached hydrogens (tertiary/aromatic N) is 4. The Labute approximate surface area is 105 Å². The maximum absolute atomic E-state index is 6.11. The van der Waals surface area contributed by atoms with Crippen molar-refractivity contribution in [3.63, 3.8) is 0 Å². The third-order valence-electron chi connectivity index (χ3n) is 3.54. The van der Waals surface area contributed by atoms with Gasteiger partial charge in [-0.2, -0.15) is 5.10 Å². The second kappa shape index (κ2) is 4.26. The number of fused-ring (bicyclic) bond motifs is 1. The van der Waals surface area contributed by atoms with Crippen LogP contribution in [0.5, 0.6) is 0 Å². The number of hydrogen-bond donors (Lipinski definition) is 0. The Morgan fingerprint density at radius 1 is 1.24 bits per heavy atom. The predicted octanol–water partition coefficient (Wildman–Crippen LogP) is 3.29. The van der Waals surface area contributed by atoms with Gasteiger partial charge < -0.3 is 0 Å². The van der Waals surface area contributed by atoms with Gasteiger partial charge in [0.25, 0.3) is 0 Å². The summed E-state index contributed by atoms with van der Waals surface area (Å²) in [5, 5.41) is 6.02. The Hall–Kier alpha value is -1.16. The van der Waals surface area contributed by atoms with Crippen molar-refractivity contribution in [1.29, 1.82) is 0 Å². The first-order valence-corrected chi connectivity index (χ1v) is 6.50. The molecule has 17 heavy (non-hydrogen) atoms. The quantitative estimate of drug-likeness (QED) is 0.730. The van der Waals surface area contributed by atoms with Gasteiger partial charge in [-0.15, -0.1) is 0 Å². The van der Waals surface area contributed by atoms with Crippen molar-refractivity contribution >= 4 is 22.6 Å². The van der Waals surface area contributed by atoms with E-state index in [1.54, 1.807) is 0 Å². The smallest absolute Gasteiger partial charge is 0.163 e. The molecule has 0 atom stereocenters. The molecule has 1 aliphatic carbocycles. The Morgan fingerprint density at radius 3 is 2.76 bits per heavy atom. The number of hydrogen-bond acceptors (Lipinski definition) is 3. The topological polar surface area (TPSA) is 43.6 Å². The van der Waals surface area contributed by atoms with Crippen molar-refractivity contribution in [3.05, 3.63) is 17.2 Å². The molecule has 0 unspecified atom stereocenters. The lowest BCUT2D eigenvalue weighted by atomic mass is 9.96. The van der Waals surface area contributed by atoms with Gasteiger partial charge >= 0.3 is 0 Å². The van der Waals surface area contributed by atoms with Crippen LogP contribution < -0.4 is 0 Å². The molecular formula is C12H15ClN4. The molecule has 2 aromatic rings. The van der Waals surface area contributed by atoms with E-state index in [1.807, 2.05) is 6.92 Å². The summed E-state index contributed by atoms with van der Waals surface area (Å²) < 4.78 is 2.05. The zero-order chi connectivity index (χ0) is 11.8. The average Bonchev–Trinajstić information content (AvgIpc) is 2.69. The SMILES string of the molecule is Cc1nn(C2CCCCC2)c2ncnc(Cl)c12. The lowest BCUT2D eigenvalue weighted by Crippen LogP contribution is -2.14. The van der Waals surface area contributed by atoms with E-state index in [4.69, 9.17) is 11.6 Å². The predicted molar refractivity (Wildman–Crippen MR) is 67.2 cm³/mol. The fourth-order valence-electron chi connectivity index (χ4n) is 2.68. The van der Waals surface area contributed by atoms with Gasteiger partial charge in [-0.05, 0) is 19.8 Å². The van der Waals surface area contributed by atoms with Gasteiger partial charge in [-0.3, -0.25) is 0 Å². The summed E-state index contributed by atoms with van der Waals surface area (Å²) in [6.45, 7) is 1.97. The fraction of sp³-hybridized carbons (Fsp3) is 0.583. The summed E-state index contributed by atoms with van der Waals surface area (Å²) >= 11 is 6.11. The summed E-state index contributed by atoms with van der Waals surface area (Å²) in [5.74, 6) is 0. The zero-order valence-electron chi connectivity index (χ0n) is 9.86. The van der Waals surface area contributed by atoms with Crippen LogP contribution in [0.15, 0.2) is 6.33 Å². The second-order valence-electron chi connectivity index (χ2n) is 4.68. The van der Waals surface area contributed by atoms with Crippen molar-refractivity contribution in [1.82, 2.24) is 19.7 Å². The van der Waals surface area contributed by atoms with Gasteiger partial charge in [-0.1, -0.05) is 30.9 Å². The number of halogens is 1. The Bertz CT molecular complexity index is 543. The molecule has 2 heterocycles. The van der Waals surface area contributed by atoms with Crippen LogP contribution in [0.25, 0.3) is 11.0 Å². The van der Waals surface area contributed by atoms with Crippen LogP contribution in [0.3, 0.4) is 0 Å². The molecule has 2 aromatic heterocycles. The van der Waals surface area contributed by atoms with Crippen LogP contribution in [0, 0.1) is 6.92 Å². The van der Waals surface area contributed by atoms with E-state index < -0.39 is 0 Å². The molecule has 0 aromatic carbocycles. The molecule has 90 valence electrons. The lowest BCUT2D eigenvalue weighted by Gasteiger charge is -2.22. The summed E-state index contributed by atoms with van der Waals surface area (Å²) in [5.41, 5.74) is 1.81. The van der Waals surface area contributed by atoms with Crippen LogP contribution in [0.1, 0.15) is 43.8 Å². The minimum absolute atomic E-state index is 0.478. The summed E-state index contributed by atoms with van der Waals surface area (Å²) in [7, 11) is 0. The van der Waals surface area contributed by atoms with Gasteiger partial charge in [0.2, 0.25) is 0 Å². The van der Waals surface area contributed by atoms with Gasteiger partial charge in [-0.25, -0.2) is 14.6 Å². The normalized spacial score (nSPS) is 17.8. The molecule has 0 radical (unpaired) electrons. The van der Waals surface area contributed by atoms with E-state index in [1.165, 1.54) is 38.4 Å². The molecule has 0 amide bonds. The molecule has 0 spiro atoms. The molecule has 0 aliphatic heterocycles. The Morgan fingerprint density at radius 2 is 2.00 bits per heavy atom. The van der Waals surface area contributed by atoms with Gasteiger partial charge in [0.15, 0.2) is 5.65 Å². The van der Waals surface area contributed by atoms with E-state index in [-0.39, 0.29) is 0 Å². The summed E-state index contributed by atoms with van der Waals surface area (Å²) in [6.07, 6.45) is 7.80. The fourth-order valence-corrected chi connectivity index (χ4v) is 2.94. The number of aromatic nitrogens is 4. The molecule has 3 rings (SSSR count). The van der Waals surface area contributed by atoms with E-state index in [2.05, 4.69) is 19.7 Å². The van der Waals surface area contributed by atoms with Crippen molar-refractivity contribution < 1.29 is 0 Å². The first-order valence-electron chi connectivity index (χ1n) is 6.12. The highest BCUT2D eigenvalue weighted by molar-refractivity contribution is 6.34. The minimum atomic E-state index is 0.478. The monoisotopic (exact) mass is 250 g/mol. The zero-order valence-corrected chi connectivity index (χ0v) is 10.6. The molecule has 1 aliphatic rings. The van der Waals surface area contributed by atoms with E-state index in [0.717, 1.165) is 16.7 Å². The van der Waals surface area contributed by atoms with E-state index in [9.17, 15) is 0 Å². The maximum Gasteiger partial charge on any atom is 0.163 e. The van der Waals surface area contributed by atoms with E-state index >= 15 is 0 Å². The molecule has 5 heteroatoms. The Kier molecular flexibility index (Phi) is 2.74. The molecule has 1 fully saturated rings. The third kappa shape index (κ3) is 1.80. The highest BCUT2D eigenvalue weighted by atomic mass is 35.5. The van der Waals surface area contributed by atoms with Crippen LogP contribution >= 0.6 is 11.6 Å².